The zero-order chi connectivity index (χ0) is 14.5. The number of nitrogens with two attached hydrogens (primary N) is 1. The van der Waals surface area contributed by atoms with Gasteiger partial charge in [0.05, 0.1) is 5.52 Å². The lowest BCUT2D eigenvalue weighted by molar-refractivity contribution is -0.118. The first-order chi connectivity index (χ1) is 9.60. The average Bonchev–Trinajstić information content (AvgIpc) is 2.38. The van der Waals surface area contributed by atoms with Crippen molar-refractivity contribution in [3.8, 4) is 0 Å². The third-order valence-corrected chi connectivity index (χ3v) is 2.83. The van der Waals surface area contributed by atoms with Crippen molar-refractivity contribution in [2.75, 3.05) is 17.2 Å². The standard InChI is InChI=1S/C14H19N5O/c1-3-16-14-18-11-7-5-4-6-10(11)13(19-14)17-9(2)8-12(15)20/h4-7,9H,3,8H2,1-2H3,(H2,15,20)(H2,16,17,18,19). The van der Waals surface area contributed by atoms with Crippen molar-refractivity contribution in [3.63, 3.8) is 0 Å². The van der Waals surface area contributed by atoms with Crippen LogP contribution in [-0.4, -0.2) is 28.5 Å². The van der Waals surface area contributed by atoms with Gasteiger partial charge in [0.25, 0.3) is 0 Å². The van der Waals surface area contributed by atoms with Crippen molar-refractivity contribution in [2.45, 2.75) is 26.3 Å². The van der Waals surface area contributed by atoms with E-state index in [1.54, 1.807) is 0 Å². The molecule has 1 amide bonds. The normalized spacial score (nSPS) is 12.1. The predicted molar refractivity (Wildman–Crippen MR) is 80.6 cm³/mol. The Labute approximate surface area is 117 Å². The average molecular weight is 273 g/mol. The lowest BCUT2D eigenvalue weighted by atomic mass is 10.2. The minimum Gasteiger partial charge on any atom is -0.370 e. The summed E-state index contributed by atoms with van der Waals surface area (Å²) in [6.45, 7) is 4.63. The molecule has 0 aliphatic heterocycles. The van der Waals surface area contributed by atoms with Gasteiger partial charge in [-0.2, -0.15) is 4.98 Å². The fourth-order valence-electron chi connectivity index (χ4n) is 2.01. The molecule has 1 unspecified atom stereocenters. The van der Waals surface area contributed by atoms with Gasteiger partial charge in [-0.1, -0.05) is 12.1 Å². The van der Waals surface area contributed by atoms with Gasteiger partial charge in [-0.3, -0.25) is 4.79 Å². The summed E-state index contributed by atoms with van der Waals surface area (Å²) in [5.41, 5.74) is 6.07. The summed E-state index contributed by atoms with van der Waals surface area (Å²) in [5, 5.41) is 7.25. The van der Waals surface area contributed by atoms with Crippen molar-refractivity contribution in [1.82, 2.24) is 9.97 Å². The fraction of sp³-hybridized carbons (Fsp3) is 0.357. The van der Waals surface area contributed by atoms with Gasteiger partial charge in [-0.25, -0.2) is 4.98 Å². The van der Waals surface area contributed by atoms with Crippen molar-refractivity contribution < 1.29 is 4.79 Å². The van der Waals surface area contributed by atoms with Crippen molar-refractivity contribution in [1.29, 1.82) is 0 Å². The van der Waals surface area contributed by atoms with E-state index in [0.717, 1.165) is 17.4 Å². The number of carbonyl (C=O) groups excluding carboxylic acids is 1. The van der Waals surface area contributed by atoms with Gasteiger partial charge in [-0.15, -0.1) is 0 Å². The van der Waals surface area contributed by atoms with E-state index in [9.17, 15) is 4.79 Å². The molecule has 0 saturated heterocycles. The molecule has 106 valence electrons. The molecule has 4 N–H and O–H groups in total. The van der Waals surface area contributed by atoms with Gasteiger partial charge in [0.15, 0.2) is 0 Å². The smallest absolute Gasteiger partial charge is 0.225 e. The monoisotopic (exact) mass is 273 g/mol. The first-order valence-corrected chi connectivity index (χ1v) is 6.65. The summed E-state index contributed by atoms with van der Waals surface area (Å²) in [4.78, 5) is 19.9. The Morgan fingerprint density at radius 1 is 1.35 bits per heavy atom. The summed E-state index contributed by atoms with van der Waals surface area (Å²) in [6, 6.07) is 7.66. The molecule has 0 bridgehead atoms. The fourth-order valence-corrected chi connectivity index (χ4v) is 2.01. The maximum absolute atomic E-state index is 11.0. The van der Waals surface area contributed by atoms with Crippen LogP contribution in [0.15, 0.2) is 24.3 Å². The number of para-hydroxylation sites is 1. The number of benzene rings is 1. The van der Waals surface area contributed by atoms with Crippen molar-refractivity contribution in [2.24, 2.45) is 5.73 Å². The van der Waals surface area contributed by atoms with Crippen LogP contribution in [0.4, 0.5) is 11.8 Å². The number of hydrogen-bond donors (Lipinski definition) is 3. The molecule has 1 aromatic carbocycles. The summed E-state index contributed by atoms with van der Waals surface area (Å²) < 4.78 is 0. The molecular formula is C14H19N5O. The molecular weight excluding hydrogens is 254 g/mol. The van der Waals surface area contributed by atoms with Crippen LogP contribution in [0.2, 0.25) is 0 Å². The largest absolute Gasteiger partial charge is 0.370 e. The van der Waals surface area contributed by atoms with E-state index >= 15 is 0 Å². The Bertz CT molecular complexity index is 614. The molecule has 1 atom stereocenters. The third-order valence-electron chi connectivity index (χ3n) is 2.83. The lowest BCUT2D eigenvalue weighted by Crippen LogP contribution is -2.24. The van der Waals surface area contributed by atoms with Crippen LogP contribution in [-0.2, 0) is 4.79 Å². The van der Waals surface area contributed by atoms with Crippen LogP contribution in [0, 0.1) is 0 Å². The molecule has 2 aromatic rings. The number of nitrogens with zero attached hydrogens (tertiary/aromatic N) is 2. The number of amides is 1. The Balaban J connectivity index is 2.36. The van der Waals surface area contributed by atoms with Gasteiger partial charge in [-0.05, 0) is 26.0 Å². The van der Waals surface area contributed by atoms with Crippen LogP contribution in [0.5, 0.6) is 0 Å². The molecule has 0 saturated carbocycles. The minimum atomic E-state index is -0.338. The predicted octanol–water partition coefficient (Wildman–Crippen LogP) is 1.74. The summed E-state index contributed by atoms with van der Waals surface area (Å²) in [6.07, 6.45) is 0.259. The Morgan fingerprint density at radius 2 is 2.10 bits per heavy atom. The van der Waals surface area contributed by atoms with Crippen molar-refractivity contribution in [3.05, 3.63) is 24.3 Å². The molecule has 1 aromatic heterocycles. The first-order valence-electron chi connectivity index (χ1n) is 6.65. The number of carbonyl (C=O) groups is 1. The van der Waals surface area contributed by atoms with E-state index < -0.39 is 0 Å². The molecule has 0 spiro atoms. The second-order valence-corrected chi connectivity index (χ2v) is 4.66. The SMILES string of the molecule is CCNc1nc(NC(C)CC(N)=O)c2ccccc2n1. The number of aromatic nitrogens is 2. The van der Waals surface area contributed by atoms with E-state index in [0.29, 0.717) is 11.8 Å². The quantitative estimate of drug-likeness (QED) is 0.745. The lowest BCUT2D eigenvalue weighted by Gasteiger charge is -2.15. The minimum absolute atomic E-state index is 0.0831. The highest BCUT2D eigenvalue weighted by Gasteiger charge is 2.11. The maximum Gasteiger partial charge on any atom is 0.225 e. The van der Waals surface area contributed by atoms with E-state index in [1.807, 2.05) is 38.1 Å². The molecule has 2 rings (SSSR count). The highest BCUT2D eigenvalue weighted by Crippen LogP contribution is 2.22. The van der Waals surface area contributed by atoms with Crippen molar-refractivity contribution >= 4 is 28.6 Å². The molecule has 0 radical (unpaired) electrons. The van der Waals surface area contributed by atoms with Crippen LogP contribution in [0.25, 0.3) is 10.9 Å². The molecule has 1 heterocycles. The number of rotatable bonds is 6. The van der Waals surface area contributed by atoms with E-state index in [-0.39, 0.29) is 18.4 Å². The van der Waals surface area contributed by atoms with Crippen LogP contribution in [0.1, 0.15) is 20.3 Å². The van der Waals surface area contributed by atoms with E-state index in [2.05, 4.69) is 20.6 Å². The highest BCUT2D eigenvalue weighted by molar-refractivity contribution is 5.90. The van der Waals surface area contributed by atoms with Gasteiger partial charge in [0.2, 0.25) is 11.9 Å². The zero-order valence-electron chi connectivity index (χ0n) is 11.7. The second kappa shape index (κ2) is 6.18. The first kappa shape index (κ1) is 14.0. The number of primary amides is 1. The van der Waals surface area contributed by atoms with Crippen LogP contribution in [0.3, 0.4) is 0 Å². The summed E-state index contributed by atoms with van der Waals surface area (Å²) in [7, 11) is 0. The third kappa shape index (κ3) is 3.34. The van der Waals surface area contributed by atoms with Gasteiger partial charge in [0, 0.05) is 24.4 Å². The number of nitrogens with one attached hydrogen (secondary N) is 2. The van der Waals surface area contributed by atoms with E-state index in [4.69, 9.17) is 5.73 Å². The molecule has 0 fully saturated rings. The van der Waals surface area contributed by atoms with Gasteiger partial charge < -0.3 is 16.4 Å². The molecule has 0 aliphatic rings. The number of fused-ring (bicyclic) bond motifs is 1. The van der Waals surface area contributed by atoms with Gasteiger partial charge >= 0.3 is 0 Å². The Kier molecular flexibility index (Phi) is 4.34. The highest BCUT2D eigenvalue weighted by atomic mass is 16.1. The Hall–Kier alpha value is -2.37. The summed E-state index contributed by atoms with van der Waals surface area (Å²) in [5.74, 6) is 0.940. The molecule has 20 heavy (non-hydrogen) atoms. The maximum atomic E-state index is 11.0. The zero-order valence-corrected chi connectivity index (χ0v) is 11.7. The molecule has 0 aliphatic carbocycles. The Morgan fingerprint density at radius 3 is 2.80 bits per heavy atom. The number of anilines is 2. The van der Waals surface area contributed by atoms with Crippen LogP contribution < -0.4 is 16.4 Å². The summed E-state index contributed by atoms with van der Waals surface area (Å²) >= 11 is 0. The van der Waals surface area contributed by atoms with E-state index in [1.165, 1.54) is 0 Å². The van der Waals surface area contributed by atoms with Crippen LogP contribution >= 0.6 is 0 Å². The van der Waals surface area contributed by atoms with Gasteiger partial charge in [0.1, 0.15) is 5.82 Å². The molecule has 6 nitrogen and oxygen atoms in total. The topological polar surface area (TPSA) is 92.9 Å². The number of hydrogen-bond acceptors (Lipinski definition) is 5. The second-order valence-electron chi connectivity index (χ2n) is 4.66. The molecule has 6 heteroatoms.